The SMILES string of the molecule is Cc1cc(CO)cc(N(C)C(C)c2ccccc2Cl)n1. The molecule has 0 aliphatic heterocycles. The minimum atomic E-state index is 0.0185. The molecule has 1 N–H and O–H groups in total. The van der Waals surface area contributed by atoms with Crippen LogP contribution in [0.4, 0.5) is 5.82 Å². The van der Waals surface area contributed by atoms with E-state index < -0.39 is 0 Å². The Labute approximate surface area is 124 Å². The Morgan fingerprint density at radius 2 is 2.00 bits per heavy atom. The van der Waals surface area contributed by atoms with Crippen LogP contribution in [0.3, 0.4) is 0 Å². The predicted octanol–water partition coefficient (Wildman–Crippen LogP) is 3.73. The van der Waals surface area contributed by atoms with E-state index in [0.29, 0.717) is 0 Å². The van der Waals surface area contributed by atoms with Gasteiger partial charge in [0.05, 0.1) is 12.6 Å². The van der Waals surface area contributed by atoms with Gasteiger partial charge in [-0.05, 0) is 43.2 Å². The Hall–Kier alpha value is -1.58. The zero-order chi connectivity index (χ0) is 14.7. The smallest absolute Gasteiger partial charge is 0.129 e. The van der Waals surface area contributed by atoms with Gasteiger partial charge in [0.1, 0.15) is 5.82 Å². The van der Waals surface area contributed by atoms with Gasteiger partial charge in [-0.15, -0.1) is 0 Å². The van der Waals surface area contributed by atoms with E-state index in [1.165, 1.54) is 0 Å². The van der Waals surface area contributed by atoms with Gasteiger partial charge in [0, 0.05) is 17.8 Å². The molecule has 0 amide bonds. The molecule has 0 radical (unpaired) electrons. The number of anilines is 1. The zero-order valence-corrected chi connectivity index (χ0v) is 12.7. The first-order chi connectivity index (χ1) is 9.52. The van der Waals surface area contributed by atoms with Gasteiger partial charge in [0.2, 0.25) is 0 Å². The van der Waals surface area contributed by atoms with Gasteiger partial charge in [-0.25, -0.2) is 4.98 Å². The number of aryl methyl sites for hydroxylation is 1. The third-order valence-electron chi connectivity index (χ3n) is 3.48. The summed E-state index contributed by atoms with van der Waals surface area (Å²) < 4.78 is 0. The van der Waals surface area contributed by atoms with Crippen LogP contribution in [0.1, 0.15) is 29.8 Å². The van der Waals surface area contributed by atoms with Crippen molar-refractivity contribution in [2.24, 2.45) is 0 Å². The predicted molar refractivity (Wildman–Crippen MR) is 83.2 cm³/mol. The van der Waals surface area contributed by atoms with Crippen LogP contribution < -0.4 is 4.90 Å². The topological polar surface area (TPSA) is 36.4 Å². The van der Waals surface area contributed by atoms with Gasteiger partial charge in [-0.2, -0.15) is 0 Å². The Morgan fingerprint density at radius 3 is 2.65 bits per heavy atom. The number of hydrogen-bond donors (Lipinski definition) is 1. The van der Waals surface area contributed by atoms with Crippen molar-refractivity contribution < 1.29 is 5.11 Å². The highest BCUT2D eigenvalue weighted by atomic mass is 35.5. The van der Waals surface area contributed by atoms with E-state index in [-0.39, 0.29) is 12.6 Å². The van der Waals surface area contributed by atoms with Crippen LogP contribution in [0, 0.1) is 6.92 Å². The van der Waals surface area contributed by atoms with E-state index in [1.807, 2.05) is 50.4 Å². The van der Waals surface area contributed by atoms with Gasteiger partial charge < -0.3 is 10.0 Å². The average Bonchev–Trinajstić information content (AvgIpc) is 2.45. The van der Waals surface area contributed by atoms with Gasteiger partial charge >= 0.3 is 0 Å². The zero-order valence-electron chi connectivity index (χ0n) is 12.0. The normalized spacial score (nSPS) is 12.2. The lowest BCUT2D eigenvalue weighted by Gasteiger charge is -2.27. The van der Waals surface area contributed by atoms with Crippen molar-refractivity contribution in [3.8, 4) is 0 Å². The molecule has 4 heteroatoms. The highest BCUT2D eigenvalue weighted by Gasteiger charge is 2.16. The monoisotopic (exact) mass is 290 g/mol. The number of nitrogens with zero attached hydrogens (tertiary/aromatic N) is 2. The lowest BCUT2D eigenvalue weighted by Crippen LogP contribution is -2.23. The fourth-order valence-electron chi connectivity index (χ4n) is 2.21. The first-order valence-electron chi connectivity index (χ1n) is 6.58. The molecule has 0 saturated heterocycles. The lowest BCUT2D eigenvalue weighted by atomic mass is 10.1. The van der Waals surface area contributed by atoms with Crippen molar-refractivity contribution in [2.45, 2.75) is 26.5 Å². The molecule has 0 fully saturated rings. The number of benzene rings is 1. The number of aliphatic hydroxyl groups is 1. The van der Waals surface area contributed by atoms with Crippen LogP contribution in [0.5, 0.6) is 0 Å². The van der Waals surface area contributed by atoms with E-state index in [0.717, 1.165) is 27.7 Å². The summed E-state index contributed by atoms with van der Waals surface area (Å²) in [7, 11) is 1.98. The number of aliphatic hydroxyl groups excluding tert-OH is 1. The number of rotatable bonds is 4. The molecule has 1 aromatic carbocycles. The Bertz CT molecular complexity index is 601. The summed E-state index contributed by atoms with van der Waals surface area (Å²) in [5.41, 5.74) is 2.82. The molecule has 1 aromatic heterocycles. The largest absolute Gasteiger partial charge is 0.392 e. The highest BCUT2D eigenvalue weighted by Crippen LogP contribution is 2.29. The van der Waals surface area contributed by atoms with Crippen LogP contribution in [-0.4, -0.2) is 17.1 Å². The molecule has 1 heterocycles. The minimum absolute atomic E-state index is 0.0185. The maximum absolute atomic E-state index is 9.30. The third-order valence-corrected chi connectivity index (χ3v) is 3.82. The van der Waals surface area contributed by atoms with Crippen molar-refractivity contribution >= 4 is 17.4 Å². The fraction of sp³-hybridized carbons (Fsp3) is 0.312. The summed E-state index contributed by atoms with van der Waals surface area (Å²) in [5.74, 6) is 0.835. The molecule has 2 rings (SSSR count). The summed E-state index contributed by atoms with van der Waals surface area (Å²) in [4.78, 5) is 6.59. The summed E-state index contributed by atoms with van der Waals surface area (Å²) in [6.45, 7) is 4.03. The molecule has 0 saturated carbocycles. The van der Waals surface area contributed by atoms with E-state index >= 15 is 0 Å². The quantitative estimate of drug-likeness (QED) is 0.932. The Balaban J connectivity index is 2.33. The van der Waals surface area contributed by atoms with Crippen LogP contribution in [0.25, 0.3) is 0 Å². The van der Waals surface area contributed by atoms with Crippen LogP contribution in [-0.2, 0) is 6.61 Å². The number of halogens is 1. The fourth-order valence-corrected chi connectivity index (χ4v) is 2.51. The van der Waals surface area contributed by atoms with Crippen LogP contribution in [0.15, 0.2) is 36.4 Å². The minimum Gasteiger partial charge on any atom is -0.392 e. The van der Waals surface area contributed by atoms with Crippen molar-refractivity contribution in [1.29, 1.82) is 0 Å². The summed E-state index contributed by atoms with van der Waals surface area (Å²) >= 11 is 6.25. The highest BCUT2D eigenvalue weighted by molar-refractivity contribution is 6.31. The second-order valence-corrected chi connectivity index (χ2v) is 5.35. The first-order valence-corrected chi connectivity index (χ1v) is 6.96. The number of hydrogen-bond acceptors (Lipinski definition) is 3. The summed E-state index contributed by atoms with van der Waals surface area (Å²) in [6.07, 6.45) is 0. The van der Waals surface area contributed by atoms with Crippen molar-refractivity contribution in [1.82, 2.24) is 4.98 Å². The van der Waals surface area contributed by atoms with Gasteiger partial charge in [-0.3, -0.25) is 0 Å². The Kier molecular flexibility index (Phi) is 4.63. The molecular formula is C16H19ClN2O. The second kappa shape index (κ2) is 6.25. The maximum atomic E-state index is 9.30. The molecule has 0 spiro atoms. The molecule has 20 heavy (non-hydrogen) atoms. The summed E-state index contributed by atoms with van der Waals surface area (Å²) in [5, 5.41) is 10.1. The first kappa shape index (κ1) is 14.8. The standard InChI is InChI=1S/C16H19ClN2O/c1-11-8-13(10-20)9-16(18-11)19(3)12(2)14-6-4-5-7-15(14)17/h4-9,12,20H,10H2,1-3H3. The molecule has 1 atom stereocenters. The van der Waals surface area contributed by atoms with Crippen LogP contribution in [0.2, 0.25) is 5.02 Å². The second-order valence-electron chi connectivity index (χ2n) is 4.94. The van der Waals surface area contributed by atoms with Crippen molar-refractivity contribution in [2.75, 3.05) is 11.9 Å². The number of pyridine rings is 1. The molecule has 0 bridgehead atoms. The van der Waals surface area contributed by atoms with E-state index in [4.69, 9.17) is 11.6 Å². The van der Waals surface area contributed by atoms with E-state index in [2.05, 4.69) is 16.8 Å². The summed E-state index contributed by atoms with van der Waals surface area (Å²) in [6, 6.07) is 11.7. The molecule has 0 aliphatic rings. The van der Waals surface area contributed by atoms with E-state index in [9.17, 15) is 5.11 Å². The molecule has 2 aromatic rings. The molecular weight excluding hydrogens is 272 g/mol. The van der Waals surface area contributed by atoms with Crippen molar-refractivity contribution in [3.05, 3.63) is 58.2 Å². The molecule has 3 nitrogen and oxygen atoms in total. The molecule has 1 unspecified atom stereocenters. The third kappa shape index (κ3) is 3.11. The number of aromatic nitrogens is 1. The van der Waals surface area contributed by atoms with E-state index in [1.54, 1.807) is 0 Å². The molecule has 0 aliphatic carbocycles. The lowest BCUT2D eigenvalue weighted by molar-refractivity contribution is 0.281. The Morgan fingerprint density at radius 1 is 1.30 bits per heavy atom. The van der Waals surface area contributed by atoms with Gasteiger partial charge in [0.15, 0.2) is 0 Å². The van der Waals surface area contributed by atoms with Crippen molar-refractivity contribution in [3.63, 3.8) is 0 Å². The molecule has 106 valence electrons. The average molecular weight is 291 g/mol. The van der Waals surface area contributed by atoms with Gasteiger partial charge in [-0.1, -0.05) is 29.8 Å². The maximum Gasteiger partial charge on any atom is 0.129 e. The van der Waals surface area contributed by atoms with Gasteiger partial charge in [0.25, 0.3) is 0 Å². The van der Waals surface area contributed by atoms with Crippen LogP contribution >= 0.6 is 11.6 Å².